The highest BCUT2D eigenvalue weighted by atomic mass is 14.9. The van der Waals surface area contributed by atoms with Crippen LogP contribution in [0.1, 0.15) is 23.4 Å². The summed E-state index contributed by atoms with van der Waals surface area (Å²) >= 11 is 0. The van der Waals surface area contributed by atoms with Gasteiger partial charge in [0.05, 0.1) is 28.1 Å². The quantitative estimate of drug-likeness (QED) is 0.186. The lowest BCUT2D eigenvalue weighted by molar-refractivity contribution is 1.00. The van der Waals surface area contributed by atoms with Crippen molar-refractivity contribution in [3.63, 3.8) is 0 Å². The lowest BCUT2D eigenvalue weighted by Crippen LogP contribution is -2.01. The molecule has 8 rings (SSSR count). The highest BCUT2D eigenvalue weighted by molar-refractivity contribution is 6.04. The van der Waals surface area contributed by atoms with Crippen LogP contribution in [0.4, 0.5) is 0 Å². The first-order chi connectivity index (χ1) is 22.6. The van der Waals surface area contributed by atoms with Crippen LogP contribution in [0.3, 0.4) is 0 Å². The van der Waals surface area contributed by atoms with Crippen LogP contribution in [-0.4, -0.2) is 32.7 Å². The van der Waals surface area contributed by atoms with E-state index in [0.717, 1.165) is 91.2 Å². The predicted molar refractivity (Wildman–Crippen MR) is 190 cm³/mol. The molecule has 0 unspecified atom stereocenters. The number of aliphatic imine (C=N–C) groups is 1. The molecule has 4 aromatic carbocycles. The summed E-state index contributed by atoms with van der Waals surface area (Å²) < 4.78 is 0. The van der Waals surface area contributed by atoms with E-state index in [-0.39, 0.29) is 0 Å². The Bertz CT molecular complexity index is 2300. The Kier molecular flexibility index (Phi) is 6.99. The molecule has 46 heavy (non-hydrogen) atoms. The Balaban J connectivity index is 1.11. The van der Waals surface area contributed by atoms with Crippen LogP contribution >= 0.6 is 0 Å². The molecule has 0 amide bonds. The molecule has 1 aliphatic heterocycles. The zero-order valence-electron chi connectivity index (χ0n) is 25.8. The molecular weight excluding hydrogens is 562 g/mol. The van der Waals surface area contributed by atoms with E-state index in [9.17, 15) is 0 Å². The van der Waals surface area contributed by atoms with Gasteiger partial charge in [0.15, 0.2) is 5.82 Å². The number of nitrogens with zero attached hydrogens (tertiary/aromatic N) is 5. The van der Waals surface area contributed by atoms with Crippen LogP contribution < -0.4 is 0 Å². The second-order valence-electron chi connectivity index (χ2n) is 11.8. The summed E-state index contributed by atoms with van der Waals surface area (Å²) in [7, 11) is 0. The minimum absolute atomic E-state index is 0.729. The van der Waals surface area contributed by atoms with Crippen molar-refractivity contribution >= 4 is 33.6 Å². The third-order valence-electron chi connectivity index (χ3n) is 8.66. The lowest BCUT2D eigenvalue weighted by atomic mass is 9.98. The molecule has 0 aliphatic carbocycles. The van der Waals surface area contributed by atoms with Gasteiger partial charge in [0, 0.05) is 45.9 Å². The van der Waals surface area contributed by atoms with Crippen molar-refractivity contribution in [3.8, 4) is 45.0 Å². The molecule has 220 valence electrons. The average Bonchev–Trinajstić information content (AvgIpc) is 3.12. The van der Waals surface area contributed by atoms with Crippen LogP contribution in [0, 0.1) is 13.8 Å². The van der Waals surface area contributed by atoms with Crippen molar-refractivity contribution in [3.05, 3.63) is 138 Å². The molecule has 3 aromatic heterocycles. The van der Waals surface area contributed by atoms with Crippen LogP contribution in [-0.2, 0) is 0 Å². The lowest BCUT2D eigenvalue weighted by Gasteiger charge is -2.13. The van der Waals surface area contributed by atoms with E-state index in [0.29, 0.717) is 0 Å². The van der Waals surface area contributed by atoms with E-state index >= 15 is 0 Å². The summed E-state index contributed by atoms with van der Waals surface area (Å²) in [6.07, 6.45) is 4.81. The number of rotatable bonds is 5. The van der Waals surface area contributed by atoms with Gasteiger partial charge in [-0.3, -0.25) is 9.98 Å². The maximum atomic E-state index is 5.11. The van der Waals surface area contributed by atoms with E-state index in [1.54, 1.807) is 0 Å². The van der Waals surface area contributed by atoms with Gasteiger partial charge in [-0.05, 0) is 66.8 Å². The van der Waals surface area contributed by atoms with E-state index in [2.05, 4.69) is 109 Å². The molecule has 4 heterocycles. The second kappa shape index (κ2) is 11.6. The first-order valence-corrected chi connectivity index (χ1v) is 15.6. The summed E-state index contributed by atoms with van der Waals surface area (Å²) in [5.41, 5.74) is 13.5. The highest BCUT2D eigenvalue weighted by Crippen LogP contribution is 2.32. The fourth-order valence-corrected chi connectivity index (χ4v) is 6.13. The minimum atomic E-state index is 0.729. The number of pyridine rings is 2. The number of dihydropyridines is 1. The average molecular weight is 594 g/mol. The van der Waals surface area contributed by atoms with Crippen LogP contribution in [0.15, 0.2) is 126 Å². The Morgan fingerprint density at radius 2 is 1.17 bits per heavy atom. The third-order valence-corrected chi connectivity index (χ3v) is 8.66. The van der Waals surface area contributed by atoms with Crippen molar-refractivity contribution in [2.75, 3.05) is 6.54 Å². The molecule has 0 saturated heterocycles. The zero-order valence-corrected chi connectivity index (χ0v) is 25.8. The van der Waals surface area contributed by atoms with Crippen LogP contribution in [0.25, 0.3) is 72.4 Å². The number of hydrogen-bond donors (Lipinski definition) is 0. The normalized spacial score (nSPS) is 12.9. The summed E-state index contributed by atoms with van der Waals surface area (Å²) in [6, 6.07) is 40.2. The van der Waals surface area contributed by atoms with Gasteiger partial charge < -0.3 is 0 Å². The maximum Gasteiger partial charge on any atom is 0.160 e. The summed E-state index contributed by atoms with van der Waals surface area (Å²) in [5.74, 6) is 0.729. The SMILES string of the molecule is Cc1ccc2ccc3c(C)cc(-c4ccc(-c5ccc(-c6cc(C7=CC=NCC7)nc(-c7ccccc7)n6)cc5)cc4)nc3c2n1. The standard InChI is InChI=1S/C41H31N5/c1-26-24-36(44-40-35(26)19-18-33-9-8-27(2)43-39(33)40)30-14-10-28(11-15-30)29-12-16-31(17-13-29)37-25-38(32-20-22-42-23-21-32)46-41(45-37)34-6-4-3-5-7-34/h3-20,22,24-25H,21,23H2,1-2H3. The smallest absolute Gasteiger partial charge is 0.160 e. The molecule has 1 aliphatic rings. The van der Waals surface area contributed by atoms with E-state index in [4.69, 9.17) is 19.9 Å². The van der Waals surface area contributed by atoms with Gasteiger partial charge in [0.2, 0.25) is 0 Å². The molecular formula is C41H31N5. The Morgan fingerprint density at radius 1 is 0.522 bits per heavy atom. The van der Waals surface area contributed by atoms with Crippen molar-refractivity contribution in [2.24, 2.45) is 4.99 Å². The first-order valence-electron chi connectivity index (χ1n) is 15.6. The van der Waals surface area contributed by atoms with Crippen molar-refractivity contribution in [1.82, 2.24) is 19.9 Å². The Hall–Kier alpha value is -5.81. The summed E-state index contributed by atoms with van der Waals surface area (Å²) in [6.45, 7) is 4.95. The second-order valence-corrected chi connectivity index (χ2v) is 11.8. The molecule has 0 bridgehead atoms. The predicted octanol–water partition coefficient (Wildman–Crippen LogP) is 9.72. The Morgan fingerprint density at radius 3 is 1.87 bits per heavy atom. The van der Waals surface area contributed by atoms with E-state index in [1.165, 1.54) is 11.1 Å². The minimum Gasteiger partial charge on any atom is -0.293 e. The molecule has 0 saturated carbocycles. The highest BCUT2D eigenvalue weighted by Gasteiger charge is 2.14. The molecule has 7 aromatic rings. The molecule has 0 atom stereocenters. The molecule has 5 heteroatoms. The summed E-state index contributed by atoms with van der Waals surface area (Å²) in [4.78, 5) is 24.2. The fourth-order valence-electron chi connectivity index (χ4n) is 6.13. The summed E-state index contributed by atoms with van der Waals surface area (Å²) in [5, 5.41) is 2.25. The molecule has 0 N–H and O–H groups in total. The van der Waals surface area contributed by atoms with Gasteiger partial charge in [0.1, 0.15) is 0 Å². The monoisotopic (exact) mass is 593 g/mol. The molecule has 5 nitrogen and oxygen atoms in total. The van der Waals surface area contributed by atoms with Gasteiger partial charge in [-0.25, -0.2) is 15.0 Å². The fraction of sp³-hybridized carbons (Fsp3) is 0.0976. The van der Waals surface area contributed by atoms with Gasteiger partial charge >= 0.3 is 0 Å². The van der Waals surface area contributed by atoms with Gasteiger partial charge in [-0.2, -0.15) is 0 Å². The number of allylic oxidation sites excluding steroid dienone is 1. The Labute approximate surface area is 268 Å². The van der Waals surface area contributed by atoms with Crippen LogP contribution in [0.5, 0.6) is 0 Å². The molecule has 0 spiro atoms. The van der Waals surface area contributed by atoms with E-state index < -0.39 is 0 Å². The number of fused-ring (bicyclic) bond motifs is 3. The third kappa shape index (κ3) is 5.26. The van der Waals surface area contributed by atoms with Gasteiger partial charge in [-0.15, -0.1) is 0 Å². The largest absolute Gasteiger partial charge is 0.293 e. The topological polar surface area (TPSA) is 63.9 Å². The molecule has 0 radical (unpaired) electrons. The number of aromatic nitrogens is 4. The number of aryl methyl sites for hydroxylation is 2. The van der Waals surface area contributed by atoms with Crippen molar-refractivity contribution in [1.29, 1.82) is 0 Å². The van der Waals surface area contributed by atoms with Gasteiger partial charge in [0.25, 0.3) is 0 Å². The van der Waals surface area contributed by atoms with E-state index in [1.807, 2.05) is 37.4 Å². The number of benzene rings is 4. The number of hydrogen-bond acceptors (Lipinski definition) is 5. The molecule has 0 fully saturated rings. The van der Waals surface area contributed by atoms with Crippen molar-refractivity contribution < 1.29 is 0 Å². The first kappa shape index (κ1) is 27.7. The zero-order chi connectivity index (χ0) is 31.0. The maximum absolute atomic E-state index is 5.11. The van der Waals surface area contributed by atoms with Gasteiger partial charge in [-0.1, -0.05) is 97.1 Å². The van der Waals surface area contributed by atoms with Crippen LogP contribution in [0.2, 0.25) is 0 Å². The van der Waals surface area contributed by atoms with Crippen molar-refractivity contribution in [2.45, 2.75) is 20.3 Å².